The molecule has 0 heterocycles. The van der Waals surface area contributed by atoms with Gasteiger partial charge in [0, 0.05) is 14.3 Å². The van der Waals surface area contributed by atoms with Crippen LogP contribution in [0.15, 0.2) is 23.1 Å². The number of halogens is 2. The fraction of sp³-hybridized carbons (Fsp3) is 0. The third-order valence-electron chi connectivity index (χ3n) is 1.44. The summed E-state index contributed by atoms with van der Waals surface area (Å²) in [7, 11) is 1.09. The first-order chi connectivity index (χ1) is 6.34. The highest BCUT2D eigenvalue weighted by Crippen LogP contribution is 2.25. The molecule has 0 atom stereocenters. The van der Waals surface area contributed by atoms with Crippen LogP contribution >= 0.6 is 33.3 Å². The van der Waals surface area contributed by atoms with Crippen molar-refractivity contribution >= 4 is 48.3 Å². The lowest BCUT2D eigenvalue weighted by atomic mass is 10.2. The molecule has 1 aromatic carbocycles. The first kappa shape index (κ1) is 11.7. The van der Waals surface area contributed by atoms with Crippen LogP contribution in [0.25, 0.3) is 0 Å². The van der Waals surface area contributed by atoms with Gasteiger partial charge in [0.15, 0.2) is 0 Å². The molecule has 0 aromatic heterocycles. The monoisotopic (exact) mass is 346 g/mol. The topological polar surface area (TPSA) is 71.4 Å². The molecule has 0 saturated heterocycles. The van der Waals surface area contributed by atoms with Gasteiger partial charge in [-0.3, -0.25) is 0 Å². The van der Waals surface area contributed by atoms with Gasteiger partial charge in [-0.05, 0) is 34.7 Å². The zero-order valence-electron chi connectivity index (χ0n) is 6.57. The maximum absolute atomic E-state index is 11.1. The Morgan fingerprint density at radius 1 is 1.43 bits per heavy atom. The second kappa shape index (κ2) is 4.03. The number of rotatable bonds is 2. The molecule has 0 bridgehead atoms. The molecule has 1 aromatic rings. The first-order valence-electron chi connectivity index (χ1n) is 3.30. The van der Waals surface area contributed by atoms with Crippen molar-refractivity contribution in [2.24, 2.45) is 0 Å². The Hall–Kier alpha value is -0.340. The first-order valence-corrected chi connectivity index (χ1v) is 6.69. The van der Waals surface area contributed by atoms with Gasteiger partial charge in [-0.2, -0.15) is 0 Å². The average molecular weight is 347 g/mol. The molecule has 1 rings (SSSR count). The molecule has 0 amide bonds. The SMILES string of the molecule is O=C(O)c1cccc(I)c1S(=O)(=O)Cl. The van der Waals surface area contributed by atoms with Crippen LogP contribution in [0.1, 0.15) is 10.4 Å². The molecule has 14 heavy (non-hydrogen) atoms. The Balaban J connectivity index is 3.62. The zero-order valence-corrected chi connectivity index (χ0v) is 10.3. The summed E-state index contributed by atoms with van der Waals surface area (Å²) < 4.78 is 22.4. The molecule has 76 valence electrons. The summed E-state index contributed by atoms with van der Waals surface area (Å²) in [5, 5.41) is 8.73. The predicted octanol–water partition coefficient (Wildman–Crippen LogP) is 1.92. The number of hydrogen-bond acceptors (Lipinski definition) is 3. The van der Waals surface area contributed by atoms with Gasteiger partial charge in [0.25, 0.3) is 9.05 Å². The smallest absolute Gasteiger partial charge is 0.337 e. The Bertz CT molecular complexity index is 482. The summed E-state index contributed by atoms with van der Waals surface area (Å²) in [5.74, 6) is -1.32. The van der Waals surface area contributed by atoms with E-state index in [2.05, 4.69) is 0 Å². The van der Waals surface area contributed by atoms with Crippen LogP contribution in [0.3, 0.4) is 0 Å². The zero-order chi connectivity index (χ0) is 10.9. The largest absolute Gasteiger partial charge is 0.478 e. The Morgan fingerprint density at radius 3 is 2.36 bits per heavy atom. The third-order valence-corrected chi connectivity index (χ3v) is 4.10. The van der Waals surface area contributed by atoms with E-state index in [4.69, 9.17) is 15.8 Å². The van der Waals surface area contributed by atoms with Crippen molar-refractivity contribution in [2.45, 2.75) is 4.90 Å². The van der Waals surface area contributed by atoms with Crippen LogP contribution < -0.4 is 0 Å². The molecule has 0 spiro atoms. The van der Waals surface area contributed by atoms with Crippen LogP contribution in [-0.2, 0) is 9.05 Å². The van der Waals surface area contributed by atoms with Gasteiger partial charge in [0.1, 0.15) is 4.90 Å². The van der Waals surface area contributed by atoms with E-state index in [1.165, 1.54) is 18.2 Å². The highest BCUT2D eigenvalue weighted by Gasteiger charge is 2.22. The lowest BCUT2D eigenvalue weighted by molar-refractivity contribution is 0.0692. The summed E-state index contributed by atoms with van der Waals surface area (Å²) in [5.41, 5.74) is -0.313. The lowest BCUT2D eigenvalue weighted by Gasteiger charge is -2.03. The molecule has 0 saturated carbocycles. The minimum Gasteiger partial charge on any atom is -0.478 e. The van der Waals surface area contributed by atoms with Gasteiger partial charge in [0.05, 0.1) is 5.56 Å². The molecular formula is C7H4ClIO4S. The fourth-order valence-electron chi connectivity index (χ4n) is 0.925. The number of aromatic carboxylic acids is 1. The predicted molar refractivity (Wildman–Crippen MR) is 59.2 cm³/mol. The van der Waals surface area contributed by atoms with E-state index in [0.29, 0.717) is 0 Å². The maximum Gasteiger partial charge on any atom is 0.337 e. The van der Waals surface area contributed by atoms with Crippen LogP contribution in [0.5, 0.6) is 0 Å². The van der Waals surface area contributed by atoms with Crippen molar-refractivity contribution in [3.63, 3.8) is 0 Å². The highest BCUT2D eigenvalue weighted by atomic mass is 127. The number of carboxylic acid groups (broad SMARTS) is 1. The number of carboxylic acids is 1. The molecular weight excluding hydrogens is 342 g/mol. The second-order valence-corrected chi connectivity index (χ2v) is 6.02. The summed E-state index contributed by atoms with van der Waals surface area (Å²) in [6, 6.07) is 4.12. The van der Waals surface area contributed by atoms with Gasteiger partial charge in [0.2, 0.25) is 0 Å². The number of benzene rings is 1. The van der Waals surface area contributed by atoms with Crippen LogP contribution in [0, 0.1) is 3.57 Å². The number of hydrogen-bond donors (Lipinski definition) is 1. The highest BCUT2D eigenvalue weighted by molar-refractivity contribution is 14.1. The molecule has 0 aliphatic carbocycles. The molecule has 0 radical (unpaired) electrons. The quantitative estimate of drug-likeness (QED) is 0.656. The molecule has 0 fully saturated rings. The van der Waals surface area contributed by atoms with Crippen LogP contribution in [0.4, 0.5) is 0 Å². The van der Waals surface area contributed by atoms with Gasteiger partial charge >= 0.3 is 5.97 Å². The van der Waals surface area contributed by atoms with Crippen molar-refractivity contribution in [3.8, 4) is 0 Å². The van der Waals surface area contributed by atoms with Crippen LogP contribution in [0.2, 0.25) is 0 Å². The number of carbonyl (C=O) groups is 1. The van der Waals surface area contributed by atoms with Crippen molar-refractivity contribution in [1.29, 1.82) is 0 Å². The summed E-state index contributed by atoms with van der Waals surface area (Å²) in [6.07, 6.45) is 0. The second-order valence-electron chi connectivity index (χ2n) is 2.36. The van der Waals surface area contributed by atoms with E-state index in [0.717, 1.165) is 0 Å². The Morgan fingerprint density at radius 2 is 2.00 bits per heavy atom. The molecule has 0 aliphatic heterocycles. The summed E-state index contributed by atoms with van der Waals surface area (Å²) in [4.78, 5) is 10.3. The van der Waals surface area contributed by atoms with Gasteiger partial charge in [-0.1, -0.05) is 6.07 Å². The van der Waals surface area contributed by atoms with Crippen molar-refractivity contribution in [1.82, 2.24) is 0 Å². The minimum atomic E-state index is -4.03. The van der Waals surface area contributed by atoms with E-state index < -0.39 is 15.0 Å². The van der Waals surface area contributed by atoms with Gasteiger partial charge < -0.3 is 5.11 Å². The lowest BCUT2D eigenvalue weighted by Crippen LogP contribution is -2.06. The summed E-state index contributed by atoms with van der Waals surface area (Å²) in [6.45, 7) is 0. The van der Waals surface area contributed by atoms with E-state index in [-0.39, 0.29) is 14.0 Å². The summed E-state index contributed by atoms with van der Waals surface area (Å²) >= 11 is 1.72. The average Bonchev–Trinajstić information content (AvgIpc) is 2.01. The molecule has 7 heteroatoms. The van der Waals surface area contributed by atoms with Gasteiger partial charge in [-0.15, -0.1) is 0 Å². The standard InChI is InChI=1S/C7H4ClIO4S/c8-14(12,13)6-4(7(10)11)2-1-3-5(6)9/h1-3H,(H,10,11). The van der Waals surface area contributed by atoms with Crippen molar-refractivity contribution < 1.29 is 18.3 Å². The van der Waals surface area contributed by atoms with E-state index in [9.17, 15) is 13.2 Å². The molecule has 0 unspecified atom stereocenters. The van der Waals surface area contributed by atoms with E-state index in [1.807, 2.05) is 0 Å². The maximum atomic E-state index is 11.1. The van der Waals surface area contributed by atoms with Gasteiger partial charge in [-0.25, -0.2) is 13.2 Å². The van der Waals surface area contributed by atoms with E-state index in [1.54, 1.807) is 22.6 Å². The van der Waals surface area contributed by atoms with E-state index >= 15 is 0 Å². The normalized spacial score (nSPS) is 11.3. The molecule has 0 aliphatic rings. The molecule has 1 N–H and O–H groups in total. The molecule has 4 nitrogen and oxygen atoms in total. The fourth-order valence-corrected chi connectivity index (χ4v) is 3.90. The Kier molecular flexibility index (Phi) is 3.38. The Labute approximate surface area is 98.4 Å². The van der Waals surface area contributed by atoms with Crippen molar-refractivity contribution in [2.75, 3.05) is 0 Å². The minimum absolute atomic E-state index is 0.289. The van der Waals surface area contributed by atoms with Crippen LogP contribution in [-0.4, -0.2) is 19.5 Å². The third kappa shape index (κ3) is 2.37. The van der Waals surface area contributed by atoms with Crippen molar-refractivity contribution in [3.05, 3.63) is 27.3 Å².